The van der Waals surface area contributed by atoms with Crippen LogP contribution in [-0.2, 0) is 0 Å². The van der Waals surface area contributed by atoms with Crippen LogP contribution in [0.5, 0.6) is 0 Å². The van der Waals surface area contributed by atoms with Gasteiger partial charge in [0.2, 0.25) is 17.2 Å². The third kappa shape index (κ3) is 4.76. The maximum atomic E-state index is 5.80. The van der Waals surface area contributed by atoms with Crippen molar-refractivity contribution in [1.29, 1.82) is 0 Å². The molecule has 0 atom stereocenters. The lowest BCUT2D eigenvalue weighted by atomic mass is 10.7. The van der Waals surface area contributed by atoms with E-state index in [2.05, 4.69) is 45.2 Å². The lowest BCUT2D eigenvalue weighted by Gasteiger charge is -2.16. The van der Waals surface area contributed by atoms with Crippen LogP contribution < -0.4 is 10.6 Å². The van der Waals surface area contributed by atoms with Crippen molar-refractivity contribution in [3.8, 4) is 0 Å². The largest absolute Gasteiger partial charge is 0.357 e. The first kappa shape index (κ1) is 13.2. The molecule has 16 heavy (non-hydrogen) atoms. The van der Waals surface area contributed by atoms with Gasteiger partial charge in [-0.15, -0.1) is 0 Å². The molecule has 0 aliphatic carbocycles. The molecule has 0 saturated carbocycles. The van der Waals surface area contributed by atoms with Gasteiger partial charge < -0.3 is 10.6 Å². The van der Waals surface area contributed by atoms with E-state index in [1.807, 2.05) is 6.92 Å². The molecule has 0 fully saturated rings. The van der Waals surface area contributed by atoms with Gasteiger partial charge in [-0.3, -0.25) is 0 Å². The van der Waals surface area contributed by atoms with Crippen molar-refractivity contribution in [3.05, 3.63) is 5.28 Å². The molecule has 0 unspecified atom stereocenters. The number of hydrogen-bond donors (Lipinski definition) is 2. The number of halogens is 1. The van der Waals surface area contributed by atoms with Gasteiger partial charge in [-0.2, -0.15) is 15.0 Å². The van der Waals surface area contributed by atoms with Crippen LogP contribution in [0.2, 0.25) is 24.9 Å². The Morgan fingerprint density at radius 1 is 1.06 bits per heavy atom. The molecule has 1 aromatic rings. The molecule has 0 radical (unpaired) electrons. The van der Waals surface area contributed by atoms with E-state index < -0.39 is 8.07 Å². The summed E-state index contributed by atoms with van der Waals surface area (Å²) >= 11 is 5.80. The minimum absolute atomic E-state index is 0.212. The van der Waals surface area contributed by atoms with Crippen molar-refractivity contribution in [2.24, 2.45) is 0 Å². The Balaban J connectivity index is 2.72. The summed E-state index contributed by atoms with van der Waals surface area (Å²) in [6.45, 7) is 9.55. The molecule has 0 bridgehead atoms. The second kappa shape index (κ2) is 5.45. The van der Waals surface area contributed by atoms with Crippen LogP contribution in [0.25, 0.3) is 0 Å². The molecule has 2 N–H and O–H groups in total. The zero-order chi connectivity index (χ0) is 12.2. The summed E-state index contributed by atoms with van der Waals surface area (Å²) in [7, 11) is -1.17. The standard InChI is InChI=1S/C9H18ClN5Si/c1-5-11-8-13-7(10)14-9(15-8)12-6-16(2,3)4/h5-6H2,1-4H3,(H2,11,12,13,14,15). The number of aromatic nitrogens is 3. The topological polar surface area (TPSA) is 62.7 Å². The van der Waals surface area contributed by atoms with Crippen LogP contribution >= 0.6 is 11.6 Å². The van der Waals surface area contributed by atoms with Crippen molar-refractivity contribution in [2.75, 3.05) is 23.3 Å². The molecule has 1 heterocycles. The van der Waals surface area contributed by atoms with Crippen molar-refractivity contribution in [1.82, 2.24) is 15.0 Å². The normalized spacial score (nSPS) is 11.3. The van der Waals surface area contributed by atoms with Gasteiger partial charge in [0.1, 0.15) is 0 Å². The van der Waals surface area contributed by atoms with Gasteiger partial charge in [-0.25, -0.2) is 0 Å². The van der Waals surface area contributed by atoms with Crippen LogP contribution in [0.4, 0.5) is 11.9 Å². The predicted octanol–water partition coefficient (Wildman–Crippen LogP) is 2.25. The van der Waals surface area contributed by atoms with Crippen molar-refractivity contribution < 1.29 is 0 Å². The molecule has 0 amide bonds. The smallest absolute Gasteiger partial charge is 0.228 e. The second-order valence-corrected chi connectivity index (χ2v) is 10.5. The monoisotopic (exact) mass is 259 g/mol. The number of anilines is 2. The first-order valence-electron chi connectivity index (χ1n) is 5.30. The Kier molecular flexibility index (Phi) is 4.49. The summed E-state index contributed by atoms with van der Waals surface area (Å²) in [5.74, 6) is 1.05. The fraction of sp³-hybridized carbons (Fsp3) is 0.667. The summed E-state index contributed by atoms with van der Waals surface area (Å²) in [6.07, 6.45) is 0.916. The van der Waals surface area contributed by atoms with E-state index in [4.69, 9.17) is 11.6 Å². The lowest BCUT2D eigenvalue weighted by Crippen LogP contribution is -2.32. The minimum atomic E-state index is -1.17. The summed E-state index contributed by atoms with van der Waals surface area (Å²) in [5, 5.41) is 6.42. The van der Waals surface area contributed by atoms with Crippen LogP contribution in [0.1, 0.15) is 6.92 Å². The molecule has 0 aromatic carbocycles. The second-order valence-electron chi connectivity index (χ2n) is 4.70. The van der Waals surface area contributed by atoms with E-state index >= 15 is 0 Å². The van der Waals surface area contributed by atoms with Gasteiger partial charge in [0, 0.05) is 12.7 Å². The fourth-order valence-electron chi connectivity index (χ4n) is 1.01. The maximum Gasteiger partial charge on any atom is 0.228 e. The Bertz CT molecular complexity index is 352. The van der Waals surface area contributed by atoms with Gasteiger partial charge >= 0.3 is 0 Å². The number of nitrogens with one attached hydrogen (secondary N) is 2. The van der Waals surface area contributed by atoms with Crippen LogP contribution in [0.3, 0.4) is 0 Å². The highest BCUT2D eigenvalue weighted by atomic mass is 35.5. The third-order valence-corrected chi connectivity index (χ3v) is 3.13. The Morgan fingerprint density at radius 2 is 1.62 bits per heavy atom. The number of nitrogens with zero attached hydrogens (tertiary/aromatic N) is 3. The van der Waals surface area contributed by atoms with Crippen molar-refractivity contribution in [3.63, 3.8) is 0 Å². The predicted molar refractivity (Wildman–Crippen MR) is 70.8 cm³/mol. The van der Waals surface area contributed by atoms with Crippen molar-refractivity contribution >= 4 is 31.6 Å². The Hall–Kier alpha value is -0.883. The summed E-state index contributed by atoms with van der Waals surface area (Å²) in [4.78, 5) is 12.2. The minimum Gasteiger partial charge on any atom is -0.357 e. The first-order chi connectivity index (χ1) is 7.40. The van der Waals surface area contributed by atoms with E-state index in [9.17, 15) is 0 Å². The average Bonchev–Trinajstić information content (AvgIpc) is 2.13. The number of hydrogen-bond acceptors (Lipinski definition) is 5. The van der Waals surface area contributed by atoms with Crippen molar-refractivity contribution in [2.45, 2.75) is 26.6 Å². The number of rotatable bonds is 5. The Morgan fingerprint density at radius 3 is 2.12 bits per heavy atom. The average molecular weight is 260 g/mol. The third-order valence-electron chi connectivity index (χ3n) is 1.72. The molecule has 0 aliphatic heterocycles. The van der Waals surface area contributed by atoms with Gasteiger partial charge in [0.15, 0.2) is 0 Å². The molecular weight excluding hydrogens is 242 g/mol. The summed E-state index contributed by atoms with van der Waals surface area (Å²) in [5.41, 5.74) is 0. The molecule has 1 aromatic heterocycles. The molecule has 5 nitrogen and oxygen atoms in total. The molecule has 0 spiro atoms. The molecule has 0 aliphatic rings. The Labute approximate surface area is 102 Å². The van der Waals surface area contributed by atoms with E-state index in [0.29, 0.717) is 11.9 Å². The molecule has 90 valence electrons. The zero-order valence-corrected chi connectivity index (χ0v) is 11.9. The quantitative estimate of drug-likeness (QED) is 0.795. The maximum absolute atomic E-state index is 5.80. The fourth-order valence-corrected chi connectivity index (χ4v) is 1.86. The van der Waals surface area contributed by atoms with E-state index in [0.717, 1.165) is 12.7 Å². The van der Waals surface area contributed by atoms with E-state index in [-0.39, 0.29) is 5.28 Å². The molecule has 7 heteroatoms. The molecule has 1 rings (SSSR count). The van der Waals surface area contributed by atoms with Gasteiger partial charge in [-0.05, 0) is 18.5 Å². The van der Waals surface area contributed by atoms with Gasteiger partial charge in [0.25, 0.3) is 0 Å². The van der Waals surface area contributed by atoms with Crippen LogP contribution in [0, 0.1) is 0 Å². The van der Waals surface area contributed by atoms with Gasteiger partial charge in [0.05, 0.1) is 8.07 Å². The first-order valence-corrected chi connectivity index (χ1v) is 9.38. The molecular formula is C9H18ClN5Si. The molecule has 0 saturated heterocycles. The highest BCUT2D eigenvalue weighted by Crippen LogP contribution is 2.10. The van der Waals surface area contributed by atoms with Gasteiger partial charge in [-0.1, -0.05) is 19.6 Å². The van der Waals surface area contributed by atoms with E-state index in [1.54, 1.807) is 0 Å². The van der Waals surface area contributed by atoms with Crippen LogP contribution in [-0.4, -0.2) is 35.7 Å². The lowest BCUT2D eigenvalue weighted by molar-refractivity contribution is 1.01. The van der Waals surface area contributed by atoms with E-state index in [1.165, 1.54) is 0 Å². The van der Waals surface area contributed by atoms with Crippen LogP contribution in [0.15, 0.2) is 0 Å². The summed E-state index contributed by atoms with van der Waals surface area (Å²) in [6, 6.07) is 0. The SMILES string of the molecule is CCNc1nc(Cl)nc(NC[Si](C)(C)C)n1. The zero-order valence-electron chi connectivity index (χ0n) is 10.1. The highest BCUT2D eigenvalue weighted by Gasteiger charge is 2.13. The summed E-state index contributed by atoms with van der Waals surface area (Å²) < 4.78 is 0. The highest BCUT2D eigenvalue weighted by molar-refractivity contribution is 6.76.